The molecule has 0 unspecified atom stereocenters. The van der Waals surface area contributed by atoms with Crippen LogP contribution in [0.15, 0.2) is 72.8 Å². The highest BCUT2D eigenvalue weighted by atomic mass is 35.6. The Morgan fingerprint density at radius 2 is 1.68 bits per heavy atom. The molecule has 1 amide bonds. The number of hydrogen-bond donors (Lipinski definition) is 3. The van der Waals surface area contributed by atoms with Gasteiger partial charge in [0.15, 0.2) is 6.29 Å². The number of ether oxygens (including phenoxy) is 2. The number of halogens is 3. The molecule has 3 N–H and O–H groups in total. The smallest absolute Gasteiger partial charge is 0.272 e. The fourth-order valence-corrected chi connectivity index (χ4v) is 5.55. The number of benzene rings is 3. The highest BCUT2D eigenvalue weighted by Gasteiger charge is 2.34. The first-order chi connectivity index (χ1) is 19.7. The van der Waals surface area contributed by atoms with Gasteiger partial charge in [0, 0.05) is 38.2 Å². The number of alkyl halides is 3. The van der Waals surface area contributed by atoms with E-state index in [0.717, 1.165) is 46.3 Å². The molecule has 2 aliphatic rings. The topological polar surface area (TPSA) is 91.3 Å². The minimum absolute atomic E-state index is 0.00773. The van der Waals surface area contributed by atoms with Gasteiger partial charge < -0.3 is 25.0 Å². The molecule has 0 aromatic heterocycles. The second kappa shape index (κ2) is 13.4. The van der Waals surface area contributed by atoms with Gasteiger partial charge in [0.25, 0.3) is 9.70 Å². The van der Waals surface area contributed by atoms with Gasteiger partial charge in [-0.15, -0.1) is 0 Å². The molecule has 0 radical (unpaired) electrons. The molecule has 0 saturated carbocycles. The molecule has 41 heavy (non-hydrogen) atoms. The first-order valence-corrected chi connectivity index (χ1v) is 14.8. The Morgan fingerprint density at radius 3 is 2.34 bits per heavy atom. The summed E-state index contributed by atoms with van der Waals surface area (Å²) in [5.74, 6) is -0.683. The van der Waals surface area contributed by atoms with Crippen molar-refractivity contribution in [1.82, 2.24) is 10.2 Å². The van der Waals surface area contributed by atoms with Crippen molar-refractivity contribution in [2.75, 3.05) is 19.6 Å². The number of hydrogen-bond acceptors (Lipinski definition) is 6. The van der Waals surface area contributed by atoms with Crippen LogP contribution in [0.1, 0.15) is 47.5 Å². The molecule has 10 heteroatoms. The van der Waals surface area contributed by atoms with Gasteiger partial charge in [-0.25, -0.2) is 0 Å². The Balaban J connectivity index is 1.34. The summed E-state index contributed by atoms with van der Waals surface area (Å²) in [7, 11) is 0. The summed E-state index contributed by atoms with van der Waals surface area (Å²) < 4.78 is 10.9. The Labute approximate surface area is 254 Å². The maximum Gasteiger partial charge on any atom is 0.272 e. The first-order valence-electron chi connectivity index (χ1n) is 13.6. The van der Waals surface area contributed by atoms with Crippen molar-refractivity contribution in [2.24, 2.45) is 0 Å². The van der Waals surface area contributed by atoms with E-state index in [2.05, 4.69) is 10.2 Å². The third-order valence-electron chi connectivity index (χ3n) is 7.53. The number of nitrogens with zero attached hydrogens (tertiary/aromatic N) is 1. The van der Waals surface area contributed by atoms with Gasteiger partial charge in [-0.2, -0.15) is 0 Å². The fourth-order valence-electron chi connectivity index (χ4n) is 5.35. The average Bonchev–Trinajstić information content (AvgIpc) is 3.39. The summed E-state index contributed by atoms with van der Waals surface area (Å²) in [5, 5.41) is 22.1. The quantitative estimate of drug-likeness (QED) is 0.291. The Bertz CT molecular complexity index is 1320. The second-order valence-electron chi connectivity index (χ2n) is 10.5. The van der Waals surface area contributed by atoms with Crippen molar-refractivity contribution >= 4 is 40.7 Å². The van der Waals surface area contributed by atoms with Crippen LogP contribution in [0.25, 0.3) is 11.1 Å². The van der Waals surface area contributed by atoms with E-state index in [1.807, 2.05) is 72.8 Å². The molecule has 2 saturated heterocycles. The zero-order chi connectivity index (χ0) is 29.0. The van der Waals surface area contributed by atoms with Crippen LogP contribution in [0, 0.1) is 0 Å². The molecule has 2 aliphatic heterocycles. The molecule has 2 heterocycles. The van der Waals surface area contributed by atoms with Gasteiger partial charge in [0.2, 0.25) is 0 Å². The zero-order valence-corrected chi connectivity index (χ0v) is 24.7. The van der Waals surface area contributed by atoms with Gasteiger partial charge >= 0.3 is 0 Å². The molecule has 7 nitrogen and oxygen atoms in total. The summed E-state index contributed by atoms with van der Waals surface area (Å²) in [4.78, 5) is 14.3. The fraction of sp³-hybridized carbons (Fsp3) is 0.387. The lowest BCUT2D eigenvalue weighted by Gasteiger charge is -2.38. The van der Waals surface area contributed by atoms with E-state index in [1.165, 1.54) is 0 Å². The molecule has 2 fully saturated rings. The molecule has 5 rings (SSSR count). The predicted molar refractivity (Wildman–Crippen MR) is 160 cm³/mol. The lowest BCUT2D eigenvalue weighted by Crippen LogP contribution is -2.38. The molecular weight excluding hydrogens is 587 g/mol. The van der Waals surface area contributed by atoms with Crippen LogP contribution in [0.4, 0.5) is 0 Å². The van der Waals surface area contributed by atoms with Crippen LogP contribution in [0.3, 0.4) is 0 Å². The summed E-state index contributed by atoms with van der Waals surface area (Å²) in [6, 6.07) is 23.5. The summed E-state index contributed by atoms with van der Waals surface area (Å²) in [5.41, 5.74) is 5.56. The minimum atomic E-state index is -2.03. The lowest BCUT2D eigenvalue weighted by molar-refractivity contribution is -0.252. The van der Waals surface area contributed by atoms with Crippen LogP contribution >= 0.6 is 34.8 Å². The molecule has 4 atom stereocenters. The summed E-state index contributed by atoms with van der Waals surface area (Å²) in [6.45, 7) is 2.42. The molecular formula is C31H33Cl3N2O5. The van der Waals surface area contributed by atoms with Crippen molar-refractivity contribution < 1.29 is 24.5 Å². The summed E-state index contributed by atoms with van der Waals surface area (Å²) >= 11 is 17.1. The zero-order valence-electron chi connectivity index (χ0n) is 22.4. The summed E-state index contributed by atoms with van der Waals surface area (Å²) in [6.07, 6.45) is 0.336. The van der Waals surface area contributed by atoms with Crippen LogP contribution in [0.2, 0.25) is 0 Å². The third kappa shape index (κ3) is 7.80. The highest BCUT2D eigenvalue weighted by molar-refractivity contribution is 6.76. The number of rotatable bonds is 8. The number of amides is 1. The standard InChI is InChI=1S/C31H33Cl3N2O5/c32-31(33,34)30(39)35-16-24-3-1-2-4-27(24)21-9-11-23(12-10-21)29-40-26(18-36-14-13-25(38)17-36)15-28(41-29)22-7-5-20(19-37)6-8-22/h1-12,25-26,28-29,37-38H,13-19H2,(H,35,39)/t25-,26-,28+,29+/m0/s1. The van der Waals surface area contributed by atoms with Crippen molar-refractivity contribution in [3.8, 4) is 11.1 Å². The van der Waals surface area contributed by atoms with E-state index < -0.39 is 16.0 Å². The van der Waals surface area contributed by atoms with Crippen LogP contribution in [0.5, 0.6) is 0 Å². The number of carbonyl (C=O) groups excluding carboxylic acids is 1. The van der Waals surface area contributed by atoms with Gasteiger partial charge in [-0.05, 0) is 34.2 Å². The van der Waals surface area contributed by atoms with Gasteiger partial charge in [0.1, 0.15) is 0 Å². The molecule has 3 aromatic rings. The third-order valence-corrected chi connectivity index (χ3v) is 8.05. The minimum Gasteiger partial charge on any atom is -0.392 e. The maximum atomic E-state index is 12.1. The van der Waals surface area contributed by atoms with Gasteiger partial charge in [-0.3, -0.25) is 9.69 Å². The molecule has 0 spiro atoms. The van der Waals surface area contributed by atoms with Crippen LogP contribution in [-0.4, -0.2) is 56.7 Å². The van der Waals surface area contributed by atoms with E-state index in [0.29, 0.717) is 19.5 Å². The molecule has 0 bridgehead atoms. The lowest BCUT2D eigenvalue weighted by atomic mass is 9.97. The molecule has 218 valence electrons. The largest absolute Gasteiger partial charge is 0.392 e. The number of likely N-dealkylation sites (tertiary alicyclic amines) is 1. The monoisotopic (exact) mass is 618 g/mol. The van der Waals surface area contributed by atoms with E-state index in [4.69, 9.17) is 44.3 Å². The maximum absolute atomic E-state index is 12.1. The first kappa shape index (κ1) is 30.3. The number of aliphatic hydroxyl groups is 2. The molecule has 0 aliphatic carbocycles. The Morgan fingerprint density at radius 1 is 0.976 bits per heavy atom. The highest BCUT2D eigenvalue weighted by Crippen LogP contribution is 2.39. The van der Waals surface area contributed by atoms with Crippen LogP contribution in [-0.2, 0) is 27.4 Å². The van der Waals surface area contributed by atoms with E-state index in [9.17, 15) is 15.0 Å². The van der Waals surface area contributed by atoms with Crippen molar-refractivity contribution in [3.63, 3.8) is 0 Å². The predicted octanol–water partition coefficient (Wildman–Crippen LogP) is 5.44. The van der Waals surface area contributed by atoms with Gasteiger partial charge in [-0.1, -0.05) is 108 Å². The van der Waals surface area contributed by atoms with Crippen molar-refractivity contribution in [2.45, 2.75) is 54.4 Å². The van der Waals surface area contributed by atoms with E-state index in [1.54, 1.807) is 0 Å². The number of carbonyl (C=O) groups is 1. The molecule has 3 aromatic carbocycles. The van der Waals surface area contributed by atoms with Gasteiger partial charge in [0.05, 0.1) is 24.9 Å². The van der Waals surface area contributed by atoms with E-state index >= 15 is 0 Å². The van der Waals surface area contributed by atoms with E-state index in [-0.39, 0.29) is 31.5 Å². The van der Waals surface area contributed by atoms with Crippen LogP contribution < -0.4 is 5.32 Å². The Kier molecular flexibility index (Phi) is 9.89. The normalized spacial score (nSPS) is 23.4. The Hall–Kier alpha value is -2.20. The van der Waals surface area contributed by atoms with Crippen molar-refractivity contribution in [1.29, 1.82) is 0 Å². The second-order valence-corrected chi connectivity index (χ2v) is 12.8. The number of nitrogens with one attached hydrogen (secondary N) is 1. The van der Waals surface area contributed by atoms with Crippen molar-refractivity contribution in [3.05, 3.63) is 95.1 Å². The number of β-amino-alcohol motifs (C(OH)–C–C–N with tert-alkyl or cyclic N) is 1. The SMILES string of the molecule is O=C(NCc1ccccc1-c1ccc([C@@H]2O[C@H](CN3CC[C@H](O)C3)C[C@H](c3ccc(CO)cc3)O2)cc1)C(Cl)(Cl)Cl. The number of aliphatic hydroxyl groups excluding tert-OH is 2. The average molecular weight is 620 g/mol.